The Kier molecular flexibility index (Phi) is 4.11. The van der Waals surface area contributed by atoms with E-state index in [4.69, 9.17) is 15.9 Å². The van der Waals surface area contributed by atoms with E-state index in [9.17, 15) is 0 Å². The monoisotopic (exact) mass is 245 g/mol. The van der Waals surface area contributed by atoms with Crippen LogP contribution in [0.25, 0.3) is 0 Å². The molecule has 1 aliphatic heterocycles. The van der Waals surface area contributed by atoms with Crippen LogP contribution in [0.5, 0.6) is 11.5 Å². The number of hydrogen-bond acceptors (Lipinski definition) is 3. The third kappa shape index (κ3) is 2.44. The first-order valence-electron chi connectivity index (χ1n) is 6.19. The SMILES string of the molecule is C#CCN1CCC[C@H]1c1ccc(OC)c(OC)c1. The fourth-order valence-corrected chi connectivity index (χ4v) is 2.57. The summed E-state index contributed by atoms with van der Waals surface area (Å²) in [5.74, 6) is 4.28. The van der Waals surface area contributed by atoms with E-state index >= 15 is 0 Å². The molecule has 3 heteroatoms. The van der Waals surface area contributed by atoms with Gasteiger partial charge in [0.15, 0.2) is 11.5 Å². The Bertz CT molecular complexity index is 450. The van der Waals surface area contributed by atoms with E-state index in [1.807, 2.05) is 6.07 Å². The largest absolute Gasteiger partial charge is 0.493 e. The van der Waals surface area contributed by atoms with Gasteiger partial charge in [-0.25, -0.2) is 0 Å². The van der Waals surface area contributed by atoms with Crippen LogP contribution in [0.3, 0.4) is 0 Å². The molecule has 3 nitrogen and oxygen atoms in total. The summed E-state index contributed by atoms with van der Waals surface area (Å²) in [6, 6.07) is 6.51. The molecule has 1 aromatic carbocycles. The topological polar surface area (TPSA) is 21.7 Å². The second-order valence-corrected chi connectivity index (χ2v) is 4.45. The lowest BCUT2D eigenvalue weighted by atomic mass is 10.0. The molecule has 2 rings (SSSR count). The van der Waals surface area contributed by atoms with E-state index in [1.54, 1.807) is 14.2 Å². The molecule has 0 bridgehead atoms. The van der Waals surface area contributed by atoms with Crippen LogP contribution in [0.15, 0.2) is 18.2 Å². The van der Waals surface area contributed by atoms with Gasteiger partial charge in [0.2, 0.25) is 0 Å². The fourth-order valence-electron chi connectivity index (χ4n) is 2.57. The van der Waals surface area contributed by atoms with E-state index in [-0.39, 0.29) is 0 Å². The molecule has 1 aromatic rings. The predicted molar refractivity (Wildman–Crippen MR) is 71.9 cm³/mol. The molecule has 0 saturated carbocycles. The molecule has 1 heterocycles. The Morgan fingerprint density at radius 2 is 2.11 bits per heavy atom. The first kappa shape index (κ1) is 12.8. The van der Waals surface area contributed by atoms with Gasteiger partial charge in [0, 0.05) is 6.04 Å². The molecule has 0 aliphatic carbocycles. The Hall–Kier alpha value is -1.66. The number of methoxy groups -OCH3 is 2. The molecule has 1 saturated heterocycles. The number of hydrogen-bond donors (Lipinski definition) is 0. The highest BCUT2D eigenvalue weighted by molar-refractivity contribution is 5.44. The van der Waals surface area contributed by atoms with Gasteiger partial charge < -0.3 is 9.47 Å². The summed E-state index contributed by atoms with van der Waals surface area (Å²) in [7, 11) is 3.31. The second-order valence-electron chi connectivity index (χ2n) is 4.45. The van der Waals surface area contributed by atoms with E-state index in [1.165, 1.54) is 12.0 Å². The third-order valence-electron chi connectivity index (χ3n) is 3.45. The van der Waals surface area contributed by atoms with Crippen LogP contribution >= 0.6 is 0 Å². The maximum Gasteiger partial charge on any atom is 0.161 e. The van der Waals surface area contributed by atoms with E-state index in [0.29, 0.717) is 12.6 Å². The predicted octanol–water partition coefficient (Wildman–Crippen LogP) is 2.47. The molecular formula is C15H19NO2. The Balaban J connectivity index is 2.25. The summed E-state index contributed by atoms with van der Waals surface area (Å²) in [5, 5.41) is 0. The van der Waals surface area contributed by atoms with Crippen molar-refractivity contribution in [1.82, 2.24) is 4.90 Å². The Morgan fingerprint density at radius 1 is 1.33 bits per heavy atom. The molecular weight excluding hydrogens is 226 g/mol. The minimum Gasteiger partial charge on any atom is -0.493 e. The van der Waals surface area contributed by atoms with Gasteiger partial charge in [0.05, 0.1) is 20.8 Å². The third-order valence-corrected chi connectivity index (χ3v) is 3.45. The van der Waals surface area contributed by atoms with Gasteiger partial charge >= 0.3 is 0 Å². The number of nitrogens with zero attached hydrogens (tertiary/aromatic N) is 1. The quantitative estimate of drug-likeness (QED) is 0.761. The summed E-state index contributed by atoms with van der Waals surface area (Å²) < 4.78 is 10.6. The van der Waals surface area contributed by atoms with Crippen LogP contribution in [0.4, 0.5) is 0 Å². The first-order valence-corrected chi connectivity index (χ1v) is 6.19. The standard InChI is InChI=1S/C15H19NO2/c1-4-9-16-10-5-6-13(16)12-7-8-14(17-2)15(11-12)18-3/h1,7-8,11,13H,5-6,9-10H2,2-3H3/t13-/m0/s1. The van der Waals surface area contributed by atoms with Crippen LogP contribution in [-0.2, 0) is 0 Å². The summed E-state index contributed by atoms with van der Waals surface area (Å²) in [5.41, 5.74) is 1.25. The lowest BCUT2D eigenvalue weighted by Crippen LogP contribution is -2.23. The molecule has 0 aromatic heterocycles. The van der Waals surface area contributed by atoms with Crippen LogP contribution < -0.4 is 9.47 Å². The lowest BCUT2D eigenvalue weighted by Gasteiger charge is -2.23. The zero-order valence-corrected chi connectivity index (χ0v) is 11.0. The molecule has 0 amide bonds. The molecule has 0 unspecified atom stereocenters. The summed E-state index contributed by atoms with van der Waals surface area (Å²) in [6.45, 7) is 1.78. The Labute approximate surface area is 109 Å². The zero-order valence-electron chi connectivity index (χ0n) is 11.0. The van der Waals surface area contributed by atoms with Gasteiger partial charge in [0.25, 0.3) is 0 Å². The molecule has 0 spiro atoms. The number of rotatable bonds is 4. The molecule has 0 radical (unpaired) electrons. The van der Waals surface area contributed by atoms with Crippen molar-refractivity contribution in [3.63, 3.8) is 0 Å². The molecule has 1 aliphatic rings. The Morgan fingerprint density at radius 3 is 2.78 bits per heavy atom. The lowest BCUT2D eigenvalue weighted by molar-refractivity contribution is 0.288. The van der Waals surface area contributed by atoms with Crippen molar-refractivity contribution in [2.24, 2.45) is 0 Å². The maximum atomic E-state index is 5.41. The van der Waals surface area contributed by atoms with Gasteiger partial charge in [-0.15, -0.1) is 6.42 Å². The number of benzene rings is 1. The highest BCUT2D eigenvalue weighted by atomic mass is 16.5. The van der Waals surface area contributed by atoms with Gasteiger partial charge in [0.1, 0.15) is 0 Å². The molecule has 96 valence electrons. The van der Waals surface area contributed by atoms with Gasteiger partial charge in [-0.1, -0.05) is 12.0 Å². The minimum atomic E-state index is 0.404. The summed E-state index contributed by atoms with van der Waals surface area (Å²) in [4.78, 5) is 2.33. The van der Waals surface area contributed by atoms with Crippen molar-refractivity contribution in [3.05, 3.63) is 23.8 Å². The van der Waals surface area contributed by atoms with Crippen molar-refractivity contribution in [2.45, 2.75) is 18.9 Å². The normalized spacial score (nSPS) is 19.5. The van der Waals surface area contributed by atoms with Crippen molar-refractivity contribution >= 4 is 0 Å². The molecule has 1 fully saturated rings. The van der Waals surface area contributed by atoms with Gasteiger partial charge in [-0.2, -0.15) is 0 Å². The maximum absolute atomic E-state index is 5.41. The van der Waals surface area contributed by atoms with Crippen LogP contribution in [0.1, 0.15) is 24.4 Å². The van der Waals surface area contributed by atoms with Gasteiger partial charge in [-0.3, -0.25) is 4.90 Å². The zero-order chi connectivity index (χ0) is 13.0. The average molecular weight is 245 g/mol. The van der Waals surface area contributed by atoms with Crippen molar-refractivity contribution in [3.8, 4) is 23.8 Å². The first-order chi connectivity index (χ1) is 8.80. The van der Waals surface area contributed by atoms with Crippen LogP contribution in [-0.4, -0.2) is 32.2 Å². The van der Waals surface area contributed by atoms with E-state index in [0.717, 1.165) is 24.5 Å². The van der Waals surface area contributed by atoms with Gasteiger partial charge in [-0.05, 0) is 37.1 Å². The van der Waals surface area contributed by atoms with Crippen molar-refractivity contribution in [1.29, 1.82) is 0 Å². The van der Waals surface area contributed by atoms with E-state index in [2.05, 4.69) is 23.0 Å². The molecule has 1 atom stereocenters. The fraction of sp³-hybridized carbons (Fsp3) is 0.467. The molecule has 18 heavy (non-hydrogen) atoms. The number of ether oxygens (including phenoxy) is 2. The minimum absolute atomic E-state index is 0.404. The van der Waals surface area contributed by atoms with Crippen LogP contribution in [0.2, 0.25) is 0 Å². The number of likely N-dealkylation sites (tertiary alicyclic amines) is 1. The number of terminal acetylenes is 1. The average Bonchev–Trinajstić information content (AvgIpc) is 2.86. The summed E-state index contributed by atoms with van der Waals surface area (Å²) >= 11 is 0. The van der Waals surface area contributed by atoms with E-state index < -0.39 is 0 Å². The second kappa shape index (κ2) is 5.79. The summed E-state index contributed by atoms with van der Waals surface area (Å²) in [6.07, 6.45) is 7.76. The highest BCUT2D eigenvalue weighted by Crippen LogP contribution is 2.36. The highest BCUT2D eigenvalue weighted by Gasteiger charge is 2.25. The van der Waals surface area contributed by atoms with Crippen molar-refractivity contribution < 1.29 is 9.47 Å². The van der Waals surface area contributed by atoms with Crippen LogP contribution in [0, 0.1) is 12.3 Å². The molecule has 0 N–H and O–H groups in total. The van der Waals surface area contributed by atoms with Crippen molar-refractivity contribution in [2.75, 3.05) is 27.3 Å². The smallest absolute Gasteiger partial charge is 0.161 e.